The fourth-order valence-corrected chi connectivity index (χ4v) is 2.71. The monoisotopic (exact) mass is 211 g/mol. The van der Waals surface area contributed by atoms with E-state index in [1.54, 1.807) is 0 Å². The Morgan fingerprint density at radius 2 is 2.20 bits per heavy atom. The van der Waals surface area contributed by atoms with Crippen molar-refractivity contribution in [2.75, 3.05) is 6.54 Å². The Bertz CT molecular complexity index is 215. The minimum Gasteiger partial charge on any atom is -0.343 e. The summed E-state index contributed by atoms with van der Waals surface area (Å²) in [6.07, 6.45) is 5.98. The maximum absolute atomic E-state index is 10.9. The van der Waals surface area contributed by atoms with Crippen LogP contribution in [0.4, 0.5) is 0 Å². The van der Waals surface area contributed by atoms with Crippen molar-refractivity contribution in [3.8, 4) is 0 Å². The van der Waals surface area contributed by atoms with Crippen LogP contribution in [-0.2, 0) is 4.79 Å². The van der Waals surface area contributed by atoms with Gasteiger partial charge in [0.25, 0.3) is 0 Å². The molecule has 2 heteroatoms. The number of carbonyl (C=O) groups is 1. The third-order valence-electron chi connectivity index (χ3n) is 4.35. The summed E-state index contributed by atoms with van der Waals surface area (Å²) in [6.45, 7) is 9.90. The molecule has 0 aromatic rings. The van der Waals surface area contributed by atoms with Crippen LogP contribution in [0.25, 0.3) is 0 Å². The van der Waals surface area contributed by atoms with E-state index in [4.69, 9.17) is 0 Å². The topological polar surface area (TPSA) is 20.3 Å². The second-order valence-electron chi connectivity index (χ2n) is 5.49. The standard InChI is InChI=1S/C13H25NO/c1-5-14(10-15)12-7-6-8-13(4,9-12)11(2)3/h10-12H,5-9H2,1-4H3. The molecule has 0 aromatic carbocycles. The summed E-state index contributed by atoms with van der Waals surface area (Å²) in [5, 5.41) is 0. The van der Waals surface area contributed by atoms with Gasteiger partial charge in [0.05, 0.1) is 0 Å². The van der Waals surface area contributed by atoms with E-state index in [2.05, 4.69) is 27.7 Å². The first-order chi connectivity index (χ1) is 7.03. The normalized spacial score (nSPS) is 31.7. The number of carbonyl (C=O) groups excluding carboxylic acids is 1. The molecule has 0 aromatic heterocycles. The lowest BCUT2D eigenvalue weighted by Gasteiger charge is -2.44. The van der Waals surface area contributed by atoms with Gasteiger partial charge >= 0.3 is 0 Å². The Balaban J connectivity index is 2.66. The van der Waals surface area contributed by atoms with E-state index in [0.717, 1.165) is 13.0 Å². The van der Waals surface area contributed by atoms with E-state index in [0.29, 0.717) is 17.4 Å². The van der Waals surface area contributed by atoms with E-state index in [1.807, 2.05) is 4.90 Å². The predicted octanol–water partition coefficient (Wildman–Crippen LogP) is 3.07. The summed E-state index contributed by atoms with van der Waals surface area (Å²) < 4.78 is 0. The highest BCUT2D eigenvalue weighted by Crippen LogP contribution is 2.43. The lowest BCUT2D eigenvalue weighted by molar-refractivity contribution is -0.121. The molecule has 0 N–H and O–H groups in total. The van der Waals surface area contributed by atoms with Crippen LogP contribution in [-0.4, -0.2) is 23.9 Å². The summed E-state index contributed by atoms with van der Waals surface area (Å²) in [4.78, 5) is 12.9. The third-order valence-corrected chi connectivity index (χ3v) is 4.35. The van der Waals surface area contributed by atoms with Gasteiger partial charge in [-0.1, -0.05) is 27.2 Å². The van der Waals surface area contributed by atoms with Crippen LogP contribution in [0.1, 0.15) is 53.4 Å². The van der Waals surface area contributed by atoms with Gasteiger partial charge < -0.3 is 4.90 Å². The van der Waals surface area contributed by atoms with Gasteiger partial charge in [-0.3, -0.25) is 4.79 Å². The molecular formula is C13H25NO. The molecule has 15 heavy (non-hydrogen) atoms. The van der Waals surface area contributed by atoms with E-state index in [-0.39, 0.29) is 0 Å². The van der Waals surface area contributed by atoms with Gasteiger partial charge in [-0.05, 0) is 37.5 Å². The zero-order valence-electron chi connectivity index (χ0n) is 10.6. The highest BCUT2D eigenvalue weighted by Gasteiger charge is 2.36. The van der Waals surface area contributed by atoms with Crippen LogP contribution in [0.3, 0.4) is 0 Å². The molecule has 0 heterocycles. The molecule has 1 fully saturated rings. The first-order valence-corrected chi connectivity index (χ1v) is 6.24. The summed E-state index contributed by atoms with van der Waals surface area (Å²) >= 11 is 0. The van der Waals surface area contributed by atoms with Gasteiger partial charge in [-0.25, -0.2) is 0 Å². The lowest BCUT2D eigenvalue weighted by Crippen LogP contribution is -2.42. The van der Waals surface area contributed by atoms with Gasteiger partial charge in [0.15, 0.2) is 0 Å². The molecule has 0 saturated heterocycles. The van der Waals surface area contributed by atoms with Crippen molar-refractivity contribution in [3.63, 3.8) is 0 Å². The van der Waals surface area contributed by atoms with Crippen molar-refractivity contribution >= 4 is 6.41 Å². The predicted molar refractivity (Wildman–Crippen MR) is 63.6 cm³/mol. The second kappa shape index (κ2) is 5.00. The van der Waals surface area contributed by atoms with Gasteiger partial charge in [-0.2, -0.15) is 0 Å². The number of hydrogen-bond donors (Lipinski definition) is 0. The van der Waals surface area contributed by atoms with Crippen LogP contribution >= 0.6 is 0 Å². The van der Waals surface area contributed by atoms with Crippen molar-refractivity contribution in [1.82, 2.24) is 4.90 Å². The quantitative estimate of drug-likeness (QED) is 0.654. The first-order valence-electron chi connectivity index (χ1n) is 6.24. The molecule has 1 saturated carbocycles. The molecular weight excluding hydrogens is 186 g/mol. The van der Waals surface area contributed by atoms with Crippen molar-refractivity contribution in [1.29, 1.82) is 0 Å². The Morgan fingerprint density at radius 3 is 2.67 bits per heavy atom. The Labute approximate surface area is 94.0 Å². The number of nitrogens with zero attached hydrogens (tertiary/aromatic N) is 1. The van der Waals surface area contributed by atoms with Gasteiger partial charge in [-0.15, -0.1) is 0 Å². The molecule has 1 amide bonds. The molecule has 2 unspecified atom stereocenters. The van der Waals surface area contributed by atoms with Crippen molar-refractivity contribution < 1.29 is 4.79 Å². The zero-order valence-corrected chi connectivity index (χ0v) is 10.6. The Hall–Kier alpha value is -0.530. The molecule has 0 radical (unpaired) electrons. The van der Waals surface area contributed by atoms with Crippen molar-refractivity contribution in [2.45, 2.75) is 59.4 Å². The van der Waals surface area contributed by atoms with Crippen LogP contribution in [0.5, 0.6) is 0 Å². The van der Waals surface area contributed by atoms with E-state index in [1.165, 1.54) is 25.7 Å². The largest absolute Gasteiger partial charge is 0.343 e. The molecule has 2 nitrogen and oxygen atoms in total. The van der Waals surface area contributed by atoms with E-state index in [9.17, 15) is 4.79 Å². The minimum absolute atomic E-state index is 0.430. The van der Waals surface area contributed by atoms with Crippen LogP contribution in [0.15, 0.2) is 0 Å². The molecule has 0 spiro atoms. The van der Waals surface area contributed by atoms with Crippen molar-refractivity contribution in [3.05, 3.63) is 0 Å². The maximum Gasteiger partial charge on any atom is 0.209 e. The first kappa shape index (κ1) is 12.5. The highest BCUT2D eigenvalue weighted by atomic mass is 16.1. The molecule has 1 aliphatic carbocycles. The van der Waals surface area contributed by atoms with Crippen LogP contribution in [0, 0.1) is 11.3 Å². The highest BCUT2D eigenvalue weighted by molar-refractivity contribution is 5.47. The van der Waals surface area contributed by atoms with E-state index >= 15 is 0 Å². The summed E-state index contributed by atoms with van der Waals surface area (Å²) in [6, 6.07) is 0.480. The second-order valence-corrected chi connectivity index (χ2v) is 5.49. The summed E-state index contributed by atoms with van der Waals surface area (Å²) in [7, 11) is 0. The van der Waals surface area contributed by atoms with Crippen molar-refractivity contribution in [2.24, 2.45) is 11.3 Å². The van der Waals surface area contributed by atoms with Crippen LogP contribution in [0.2, 0.25) is 0 Å². The minimum atomic E-state index is 0.430. The van der Waals surface area contributed by atoms with E-state index < -0.39 is 0 Å². The SMILES string of the molecule is CCN(C=O)C1CCCC(C)(C(C)C)C1. The fraction of sp³-hybridized carbons (Fsp3) is 0.923. The summed E-state index contributed by atoms with van der Waals surface area (Å²) in [5.41, 5.74) is 0.430. The number of rotatable bonds is 4. The maximum atomic E-state index is 10.9. The lowest BCUT2D eigenvalue weighted by atomic mass is 9.67. The molecule has 1 aliphatic rings. The molecule has 88 valence electrons. The molecule has 2 atom stereocenters. The Kier molecular flexibility index (Phi) is 4.18. The number of hydrogen-bond acceptors (Lipinski definition) is 1. The zero-order chi connectivity index (χ0) is 11.5. The Morgan fingerprint density at radius 1 is 1.53 bits per heavy atom. The average Bonchev–Trinajstić information content (AvgIpc) is 2.19. The summed E-state index contributed by atoms with van der Waals surface area (Å²) in [5.74, 6) is 0.714. The molecule has 1 rings (SSSR count). The number of amides is 1. The smallest absolute Gasteiger partial charge is 0.209 e. The molecule has 0 bridgehead atoms. The van der Waals surface area contributed by atoms with Crippen LogP contribution < -0.4 is 0 Å². The van der Waals surface area contributed by atoms with Gasteiger partial charge in [0.2, 0.25) is 6.41 Å². The van der Waals surface area contributed by atoms with Gasteiger partial charge in [0, 0.05) is 12.6 Å². The fourth-order valence-electron chi connectivity index (χ4n) is 2.71. The van der Waals surface area contributed by atoms with Gasteiger partial charge in [0.1, 0.15) is 0 Å². The molecule has 0 aliphatic heterocycles. The average molecular weight is 211 g/mol. The third kappa shape index (κ3) is 2.73.